The molecule has 1 fully saturated rings. The first-order valence-corrected chi connectivity index (χ1v) is 5.58. The van der Waals surface area contributed by atoms with Gasteiger partial charge in [-0.05, 0) is 17.4 Å². The predicted octanol–water partition coefficient (Wildman–Crippen LogP) is 1.65. The molecule has 1 aromatic heterocycles. The van der Waals surface area contributed by atoms with Gasteiger partial charge in [-0.2, -0.15) is 0 Å². The summed E-state index contributed by atoms with van der Waals surface area (Å²) in [6.45, 7) is 2.85. The zero-order chi connectivity index (χ0) is 9.97. The molecule has 0 spiro atoms. The second-order valence-electron chi connectivity index (χ2n) is 3.74. The summed E-state index contributed by atoms with van der Waals surface area (Å²) in [5.74, 6) is -0.307. The van der Waals surface area contributed by atoms with Gasteiger partial charge in [0.2, 0.25) is 0 Å². The summed E-state index contributed by atoms with van der Waals surface area (Å²) in [5, 5.41) is 10.6. The molecule has 0 aliphatic carbocycles. The van der Waals surface area contributed by atoms with Crippen molar-refractivity contribution in [2.75, 3.05) is 13.1 Å². The summed E-state index contributed by atoms with van der Waals surface area (Å²) >= 11 is 1.76. The Hall–Kier alpha value is -0.870. The lowest BCUT2D eigenvalue weighted by molar-refractivity contribution is -0.139. The van der Waals surface area contributed by atoms with Crippen LogP contribution in [0.2, 0.25) is 0 Å². The fourth-order valence-electron chi connectivity index (χ4n) is 1.80. The summed E-state index contributed by atoms with van der Waals surface area (Å²) in [5.41, 5.74) is 0. The molecule has 0 saturated carbocycles. The Kier molecular flexibility index (Phi) is 2.84. The number of rotatable bonds is 4. The first-order valence-electron chi connectivity index (χ1n) is 4.70. The molecule has 0 bridgehead atoms. The van der Waals surface area contributed by atoms with Crippen LogP contribution in [0.5, 0.6) is 0 Å². The molecule has 0 aromatic carbocycles. The van der Waals surface area contributed by atoms with Gasteiger partial charge in [0.15, 0.2) is 0 Å². The normalized spacial score (nSPS) is 18.0. The van der Waals surface area contributed by atoms with Gasteiger partial charge >= 0.3 is 5.97 Å². The third kappa shape index (κ3) is 2.33. The third-order valence-electron chi connectivity index (χ3n) is 2.46. The van der Waals surface area contributed by atoms with Crippen LogP contribution in [0, 0.1) is 5.92 Å². The van der Waals surface area contributed by atoms with Crippen molar-refractivity contribution < 1.29 is 9.90 Å². The molecule has 2 heterocycles. The third-order valence-corrected chi connectivity index (χ3v) is 3.32. The molecule has 2 rings (SSSR count). The van der Waals surface area contributed by atoms with Gasteiger partial charge in [0, 0.05) is 24.5 Å². The second kappa shape index (κ2) is 4.11. The van der Waals surface area contributed by atoms with Gasteiger partial charge in [-0.15, -0.1) is 11.3 Å². The summed E-state index contributed by atoms with van der Waals surface area (Å²) in [6.07, 6.45) is 0.320. The maximum atomic E-state index is 10.4. The molecule has 76 valence electrons. The highest BCUT2D eigenvalue weighted by molar-refractivity contribution is 7.09. The second-order valence-corrected chi connectivity index (χ2v) is 4.77. The lowest BCUT2D eigenvalue weighted by Crippen LogP contribution is -2.46. The zero-order valence-electron chi connectivity index (χ0n) is 7.85. The van der Waals surface area contributed by atoms with Crippen LogP contribution in [-0.4, -0.2) is 29.1 Å². The van der Waals surface area contributed by atoms with E-state index in [2.05, 4.69) is 22.4 Å². The van der Waals surface area contributed by atoms with Crippen molar-refractivity contribution in [3.05, 3.63) is 22.4 Å². The lowest BCUT2D eigenvalue weighted by atomic mass is 9.96. The summed E-state index contributed by atoms with van der Waals surface area (Å²) < 4.78 is 0. The van der Waals surface area contributed by atoms with Gasteiger partial charge in [0.25, 0.3) is 0 Å². The summed E-state index contributed by atoms with van der Waals surface area (Å²) in [4.78, 5) is 14.1. The average molecular weight is 211 g/mol. The molecular formula is C10H13NO2S. The largest absolute Gasteiger partial charge is 0.481 e. The van der Waals surface area contributed by atoms with E-state index < -0.39 is 5.97 Å². The highest BCUT2D eigenvalue weighted by Crippen LogP contribution is 2.22. The minimum absolute atomic E-state index is 0.320. The average Bonchev–Trinajstić information content (AvgIpc) is 2.52. The Balaban J connectivity index is 1.71. The van der Waals surface area contributed by atoms with Crippen molar-refractivity contribution in [3.8, 4) is 0 Å². The summed E-state index contributed by atoms with van der Waals surface area (Å²) in [6, 6.07) is 4.17. The maximum Gasteiger partial charge on any atom is 0.303 e. The van der Waals surface area contributed by atoms with Crippen LogP contribution in [0.4, 0.5) is 0 Å². The molecule has 0 atom stereocenters. The first-order chi connectivity index (χ1) is 6.74. The van der Waals surface area contributed by atoms with Crippen molar-refractivity contribution >= 4 is 17.3 Å². The minimum atomic E-state index is -0.675. The quantitative estimate of drug-likeness (QED) is 0.823. The number of carbonyl (C=O) groups is 1. The number of aliphatic carboxylic acids is 1. The molecule has 0 unspecified atom stereocenters. The van der Waals surface area contributed by atoms with Crippen LogP contribution in [0.15, 0.2) is 17.5 Å². The van der Waals surface area contributed by atoms with Crippen LogP contribution in [0.1, 0.15) is 11.3 Å². The van der Waals surface area contributed by atoms with E-state index >= 15 is 0 Å². The number of thiophene rings is 1. The fourth-order valence-corrected chi connectivity index (χ4v) is 2.55. The minimum Gasteiger partial charge on any atom is -0.481 e. The Morgan fingerprint density at radius 3 is 3.00 bits per heavy atom. The standard InChI is InChI=1S/C10H13NO2S/c12-10(13)4-8-5-11(6-8)7-9-2-1-3-14-9/h1-3,8H,4-7H2,(H,12,13). The lowest BCUT2D eigenvalue weighted by Gasteiger charge is -2.38. The number of hydrogen-bond acceptors (Lipinski definition) is 3. The molecular weight excluding hydrogens is 198 g/mol. The van der Waals surface area contributed by atoms with E-state index in [9.17, 15) is 4.79 Å². The van der Waals surface area contributed by atoms with E-state index in [0.717, 1.165) is 19.6 Å². The molecule has 0 radical (unpaired) electrons. The van der Waals surface area contributed by atoms with E-state index in [1.165, 1.54) is 4.88 Å². The Morgan fingerprint density at radius 2 is 2.43 bits per heavy atom. The van der Waals surface area contributed by atoms with E-state index in [1.807, 2.05) is 0 Å². The van der Waals surface area contributed by atoms with Crippen molar-refractivity contribution in [2.24, 2.45) is 5.92 Å². The van der Waals surface area contributed by atoms with E-state index in [-0.39, 0.29) is 0 Å². The molecule has 14 heavy (non-hydrogen) atoms. The molecule has 1 aromatic rings. The SMILES string of the molecule is O=C(O)CC1CN(Cc2cccs2)C1. The molecule has 4 heteroatoms. The maximum absolute atomic E-state index is 10.4. The van der Waals surface area contributed by atoms with Crippen LogP contribution in [0.3, 0.4) is 0 Å². The summed E-state index contributed by atoms with van der Waals surface area (Å²) in [7, 11) is 0. The van der Waals surface area contributed by atoms with Crippen LogP contribution < -0.4 is 0 Å². The fraction of sp³-hybridized carbons (Fsp3) is 0.500. The molecule has 1 aliphatic heterocycles. The Labute approximate surface area is 87.0 Å². The monoisotopic (exact) mass is 211 g/mol. The van der Waals surface area contributed by atoms with E-state index in [0.29, 0.717) is 12.3 Å². The zero-order valence-corrected chi connectivity index (χ0v) is 8.67. The topological polar surface area (TPSA) is 40.5 Å². The van der Waals surface area contributed by atoms with Crippen LogP contribution in [-0.2, 0) is 11.3 Å². The number of hydrogen-bond donors (Lipinski definition) is 1. The van der Waals surface area contributed by atoms with Gasteiger partial charge in [0.05, 0.1) is 6.42 Å². The van der Waals surface area contributed by atoms with Crippen LogP contribution in [0.25, 0.3) is 0 Å². The van der Waals surface area contributed by atoms with Crippen molar-refractivity contribution in [1.29, 1.82) is 0 Å². The van der Waals surface area contributed by atoms with Gasteiger partial charge in [-0.1, -0.05) is 6.07 Å². The number of carboxylic acid groups (broad SMARTS) is 1. The van der Waals surface area contributed by atoms with Crippen molar-refractivity contribution in [1.82, 2.24) is 4.90 Å². The smallest absolute Gasteiger partial charge is 0.303 e. The molecule has 0 amide bonds. The Bertz CT molecular complexity index is 304. The van der Waals surface area contributed by atoms with Gasteiger partial charge in [0.1, 0.15) is 0 Å². The number of likely N-dealkylation sites (tertiary alicyclic amines) is 1. The van der Waals surface area contributed by atoms with E-state index in [4.69, 9.17) is 5.11 Å². The van der Waals surface area contributed by atoms with Crippen molar-refractivity contribution in [2.45, 2.75) is 13.0 Å². The number of carboxylic acids is 1. The first kappa shape index (κ1) is 9.68. The Morgan fingerprint density at radius 1 is 1.64 bits per heavy atom. The highest BCUT2D eigenvalue weighted by atomic mass is 32.1. The van der Waals surface area contributed by atoms with Crippen molar-refractivity contribution in [3.63, 3.8) is 0 Å². The van der Waals surface area contributed by atoms with Crippen LogP contribution >= 0.6 is 11.3 Å². The highest BCUT2D eigenvalue weighted by Gasteiger charge is 2.28. The molecule has 3 nitrogen and oxygen atoms in total. The molecule has 1 N–H and O–H groups in total. The van der Waals surface area contributed by atoms with Gasteiger partial charge in [-0.3, -0.25) is 9.69 Å². The van der Waals surface area contributed by atoms with Gasteiger partial charge in [-0.25, -0.2) is 0 Å². The molecule has 1 saturated heterocycles. The molecule has 1 aliphatic rings. The predicted molar refractivity (Wildman–Crippen MR) is 55.3 cm³/mol. The van der Waals surface area contributed by atoms with Gasteiger partial charge < -0.3 is 5.11 Å². The number of nitrogens with zero attached hydrogens (tertiary/aromatic N) is 1. The van der Waals surface area contributed by atoms with E-state index in [1.54, 1.807) is 11.3 Å².